The standard InChI is InChI=1S/C20H16F3N7/c21-20(22,23)15-11-17(28-18(26-15)14-7-4-9-24-12-14)25-10-8-16-27-19(30-29-16)13-5-2-1-3-6-13/h1-7,9,11-12H,8,10H2,(H,25,26,28)(H,27,29,30). The van der Waals surface area contributed by atoms with Crippen molar-refractivity contribution in [2.75, 3.05) is 11.9 Å². The molecule has 0 aliphatic carbocycles. The smallest absolute Gasteiger partial charge is 0.369 e. The number of hydrogen-bond donors (Lipinski definition) is 2. The molecule has 2 N–H and O–H groups in total. The van der Waals surface area contributed by atoms with Crippen LogP contribution in [0.1, 0.15) is 11.5 Å². The lowest BCUT2D eigenvalue weighted by Gasteiger charge is -2.11. The van der Waals surface area contributed by atoms with Gasteiger partial charge in [0.1, 0.15) is 11.6 Å². The highest BCUT2D eigenvalue weighted by atomic mass is 19.4. The van der Waals surface area contributed by atoms with Gasteiger partial charge in [-0.2, -0.15) is 18.3 Å². The van der Waals surface area contributed by atoms with Crippen LogP contribution in [0.4, 0.5) is 19.0 Å². The summed E-state index contributed by atoms with van der Waals surface area (Å²) in [5, 5.41) is 9.91. The first-order valence-corrected chi connectivity index (χ1v) is 9.06. The number of halogens is 3. The van der Waals surface area contributed by atoms with Gasteiger partial charge in [0.15, 0.2) is 17.3 Å². The molecule has 0 saturated heterocycles. The molecule has 0 saturated carbocycles. The zero-order chi connectivity index (χ0) is 21.0. The van der Waals surface area contributed by atoms with Gasteiger partial charge in [-0.3, -0.25) is 10.1 Å². The number of hydrogen-bond acceptors (Lipinski definition) is 6. The van der Waals surface area contributed by atoms with Crippen LogP contribution in [0, 0.1) is 0 Å². The minimum Gasteiger partial charge on any atom is -0.369 e. The minimum absolute atomic E-state index is 0.0496. The number of rotatable bonds is 6. The zero-order valence-electron chi connectivity index (χ0n) is 15.6. The number of benzene rings is 1. The molecule has 7 nitrogen and oxygen atoms in total. The lowest BCUT2D eigenvalue weighted by atomic mass is 10.2. The van der Waals surface area contributed by atoms with E-state index in [-0.39, 0.29) is 11.6 Å². The third-order valence-electron chi connectivity index (χ3n) is 4.17. The van der Waals surface area contributed by atoms with Gasteiger partial charge in [0.05, 0.1) is 0 Å². The average Bonchev–Trinajstić information content (AvgIpc) is 3.23. The van der Waals surface area contributed by atoms with Crippen LogP contribution in [-0.4, -0.2) is 36.7 Å². The fourth-order valence-electron chi connectivity index (χ4n) is 2.74. The largest absolute Gasteiger partial charge is 0.433 e. The van der Waals surface area contributed by atoms with Crippen molar-refractivity contribution >= 4 is 5.82 Å². The molecule has 0 bridgehead atoms. The van der Waals surface area contributed by atoms with Crippen molar-refractivity contribution in [3.63, 3.8) is 0 Å². The number of pyridine rings is 1. The van der Waals surface area contributed by atoms with Crippen LogP contribution in [-0.2, 0) is 12.6 Å². The topological polar surface area (TPSA) is 92.3 Å². The van der Waals surface area contributed by atoms with Gasteiger partial charge in [-0.15, -0.1) is 0 Å². The van der Waals surface area contributed by atoms with Crippen LogP contribution in [0.15, 0.2) is 60.9 Å². The number of anilines is 1. The maximum Gasteiger partial charge on any atom is 0.433 e. The van der Waals surface area contributed by atoms with Gasteiger partial charge < -0.3 is 5.32 Å². The Morgan fingerprint density at radius 3 is 2.43 bits per heavy atom. The highest BCUT2D eigenvalue weighted by Gasteiger charge is 2.33. The van der Waals surface area contributed by atoms with Crippen molar-refractivity contribution in [3.05, 3.63) is 72.4 Å². The van der Waals surface area contributed by atoms with Gasteiger partial charge in [-0.25, -0.2) is 15.0 Å². The first-order chi connectivity index (χ1) is 14.5. The van der Waals surface area contributed by atoms with E-state index < -0.39 is 11.9 Å². The Kier molecular flexibility index (Phi) is 5.38. The van der Waals surface area contributed by atoms with Gasteiger partial charge in [-0.05, 0) is 12.1 Å². The molecule has 3 heterocycles. The molecule has 152 valence electrons. The summed E-state index contributed by atoms with van der Waals surface area (Å²) in [6.07, 6.45) is -1.23. The highest BCUT2D eigenvalue weighted by molar-refractivity contribution is 5.56. The maximum absolute atomic E-state index is 13.3. The number of aromatic nitrogens is 6. The van der Waals surface area contributed by atoms with E-state index in [2.05, 4.69) is 35.5 Å². The normalized spacial score (nSPS) is 11.4. The molecule has 0 aliphatic heterocycles. The summed E-state index contributed by atoms with van der Waals surface area (Å²) in [5.74, 6) is 1.19. The number of H-pyrrole nitrogens is 1. The molecule has 0 unspecified atom stereocenters. The SMILES string of the molecule is FC(F)(F)c1cc(NCCc2nc(-c3ccccc3)n[nH]2)nc(-c2cccnc2)n1. The van der Waals surface area contributed by atoms with Crippen molar-refractivity contribution < 1.29 is 13.2 Å². The van der Waals surface area contributed by atoms with Crippen LogP contribution < -0.4 is 5.32 Å². The molecule has 0 spiro atoms. The second kappa shape index (κ2) is 8.27. The second-order valence-corrected chi connectivity index (χ2v) is 6.35. The van der Waals surface area contributed by atoms with Crippen LogP contribution in [0.2, 0.25) is 0 Å². The van der Waals surface area contributed by atoms with Gasteiger partial charge in [0, 0.05) is 42.6 Å². The summed E-state index contributed by atoms with van der Waals surface area (Å²) in [6.45, 7) is 0.310. The first-order valence-electron chi connectivity index (χ1n) is 9.06. The lowest BCUT2D eigenvalue weighted by Crippen LogP contribution is -2.13. The van der Waals surface area contributed by atoms with Crippen molar-refractivity contribution in [1.29, 1.82) is 0 Å². The summed E-state index contributed by atoms with van der Waals surface area (Å²) in [5.41, 5.74) is 0.249. The molecular formula is C20H16F3N7. The molecule has 30 heavy (non-hydrogen) atoms. The summed E-state index contributed by atoms with van der Waals surface area (Å²) >= 11 is 0. The fraction of sp³-hybridized carbons (Fsp3) is 0.150. The molecule has 4 rings (SSSR count). The van der Waals surface area contributed by atoms with Gasteiger partial charge in [-0.1, -0.05) is 30.3 Å². The maximum atomic E-state index is 13.3. The Morgan fingerprint density at radius 1 is 0.900 bits per heavy atom. The van der Waals surface area contributed by atoms with Gasteiger partial charge in [0.25, 0.3) is 0 Å². The molecule has 0 atom stereocenters. The predicted molar refractivity (Wildman–Crippen MR) is 104 cm³/mol. The molecule has 0 fully saturated rings. The van der Waals surface area contributed by atoms with Crippen molar-refractivity contribution in [2.24, 2.45) is 0 Å². The van der Waals surface area contributed by atoms with E-state index in [9.17, 15) is 13.2 Å². The molecule has 0 amide bonds. The van der Waals surface area contributed by atoms with Crippen molar-refractivity contribution in [1.82, 2.24) is 30.1 Å². The van der Waals surface area contributed by atoms with E-state index in [1.807, 2.05) is 30.3 Å². The summed E-state index contributed by atoms with van der Waals surface area (Å²) in [6, 6.07) is 13.6. The second-order valence-electron chi connectivity index (χ2n) is 6.35. The van der Waals surface area contributed by atoms with E-state index >= 15 is 0 Å². The van der Waals surface area contributed by atoms with Crippen LogP contribution >= 0.6 is 0 Å². The average molecular weight is 411 g/mol. The number of nitrogens with one attached hydrogen (secondary N) is 2. The van der Waals surface area contributed by atoms with Gasteiger partial charge in [0.2, 0.25) is 0 Å². The Labute approximate surface area is 169 Å². The zero-order valence-corrected chi connectivity index (χ0v) is 15.6. The Bertz CT molecular complexity index is 1110. The summed E-state index contributed by atoms with van der Waals surface area (Å²) in [4.78, 5) is 16.1. The Balaban J connectivity index is 1.49. The predicted octanol–water partition coefficient (Wildman–Crippen LogP) is 4.00. The third kappa shape index (κ3) is 4.59. The van der Waals surface area contributed by atoms with Crippen molar-refractivity contribution in [2.45, 2.75) is 12.6 Å². The number of aromatic amines is 1. The highest BCUT2D eigenvalue weighted by Crippen LogP contribution is 2.30. The fourth-order valence-corrected chi connectivity index (χ4v) is 2.74. The van der Waals surface area contributed by atoms with Crippen LogP contribution in [0.25, 0.3) is 22.8 Å². The molecule has 10 heteroatoms. The van der Waals surface area contributed by atoms with E-state index in [0.29, 0.717) is 30.2 Å². The lowest BCUT2D eigenvalue weighted by molar-refractivity contribution is -0.141. The van der Waals surface area contributed by atoms with E-state index in [0.717, 1.165) is 11.6 Å². The van der Waals surface area contributed by atoms with Crippen LogP contribution in [0.3, 0.4) is 0 Å². The summed E-state index contributed by atoms with van der Waals surface area (Å²) < 4.78 is 39.8. The number of alkyl halides is 3. The first kappa shape index (κ1) is 19.5. The third-order valence-corrected chi connectivity index (χ3v) is 4.17. The van der Waals surface area contributed by atoms with E-state index in [4.69, 9.17) is 0 Å². The molecule has 4 aromatic rings. The number of nitrogens with zero attached hydrogens (tertiary/aromatic N) is 5. The molecular weight excluding hydrogens is 395 g/mol. The van der Waals surface area contributed by atoms with Gasteiger partial charge >= 0.3 is 6.18 Å². The molecule has 3 aromatic heterocycles. The molecule has 0 radical (unpaired) electrons. The monoisotopic (exact) mass is 411 g/mol. The quantitative estimate of drug-likeness (QED) is 0.498. The molecule has 1 aromatic carbocycles. The minimum atomic E-state index is -4.59. The Hall–Kier alpha value is -3.82. The van der Waals surface area contributed by atoms with Crippen LogP contribution in [0.5, 0.6) is 0 Å². The molecule has 0 aliphatic rings. The van der Waals surface area contributed by atoms with E-state index in [1.54, 1.807) is 12.1 Å². The van der Waals surface area contributed by atoms with Crippen molar-refractivity contribution in [3.8, 4) is 22.8 Å². The summed E-state index contributed by atoms with van der Waals surface area (Å²) in [7, 11) is 0. The van der Waals surface area contributed by atoms with E-state index in [1.165, 1.54) is 12.4 Å². The Morgan fingerprint density at radius 2 is 1.70 bits per heavy atom.